The van der Waals surface area contributed by atoms with Gasteiger partial charge in [0.25, 0.3) is 0 Å². The molecule has 0 amide bonds. The van der Waals surface area contributed by atoms with E-state index in [0.29, 0.717) is 0 Å². The quantitative estimate of drug-likeness (QED) is 0.118. The van der Waals surface area contributed by atoms with Crippen molar-refractivity contribution in [1.29, 1.82) is 0 Å². The number of guanidine groups is 1. The van der Waals surface area contributed by atoms with Crippen LogP contribution in [0.3, 0.4) is 0 Å². The third kappa shape index (κ3) is 5.57. The number of imidazole rings is 1. The largest absolute Gasteiger partial charge is 0.490 e. The van der Waals surface area contributed by atoms with Crippen LogP contribution in [-0.2, 0) is 31.6 Å². The van der Waals surface area contributed by atoms with Gasteiger partial charge in [-0.05, 0) is 0 Å². The van der Waals surface area contributed by atoms with Gasteiger partial charge in [-0.15, -0.1) is 6.42 Å². The highest BCUT2D eigenvalue weighted by molar-refractivity contribution is 7.66. The molecule has 0 saturated carbocycles. The maximum atomic E-state index is 11.9. The molecule has 1 aromatic rings. The summed E-state index contributed by atoms with van der Waals surface area (Å²) >= 11 is 0. The number of nitrogens with zero attached hydrogens (tertiary/aromatic N) is 3. The first-order valence-electron chi connectivity index (χ1n) is 8.73. The number of hydrogen-bond acceptors (Lipinski definition) is 14. The summed E-state index contributed by atoms with van der Waals surface area (Å²) in [5.74, 6) is 1.86. The number of phosphoric ester groups is 1. The van der Waals surface area contributed by atoms with Crippen LogP contribution in [0.15, 0.2) is 11.3 Å². The highest BCUT2D eigenvalue weighted by Crippen LogP contribution is 2.66. The number of terminal acetylenes is 1. The summed E-state index contributed by atoms with van der Waals surface area (Å²) in [5, 5.41) is 23.9. The molecular weight excluding hydrogens is 529 g/mol. The van der Waals surface area contributed by atoms with E-state index in [4.69, 9.17) is 32.4 Å². The average molecular weight is 548 g/mol. The predicted molar refractivity (Wildman–Crippen MR) is 107 cm³/mol. The van der Waals surface area contributed by atoms with Crippen molar-refractivity contribution in [2.45, 2.75) is 30.2 Å². The second-order valence-electron chi connectivity index (χ2n) is 6.81. The fourth-order valence-corrected chi connectivity index (χ4v) is 6.09. The second-order valence-corrected chi connectivity index (χ2v) is 11.2. The van der Waals surface area contributed by atoms with E-state index >= 15 is 0 Å². The van der Waals surface area contributed by atoms with E-state index in [0.717, 1.165) is 10.9 Å². The van der Waals surface area contributed by atoms with Crippen LogP contribution in [0, 0.1) is 12.3 Å². The molecule has 19 nitrogen and oxygen atoms in total. The van der Waals surface area contributed by atoms with Crippen molar-refractivity contribution < 1.29 is 61.4 Å². The van der Waals surface area contributed by atoms with Crippen LogP contribution in [0.4, 0.5) is 5.82 Å². The summed E-state index contributed by atoms with van der Waals surface area (Å²) in [7, 11) is -16.9. The number of hydrogen-bond donors (Lipinski definition) is 9. The third-order valence-corrected chi connectivity index (χ3v) is 8.21. The standard InChI is InChI=1S/C12H19N6O13P3/c1-2-12(20)7(19)5(3-28-33(24,25)31-34(26,27)30-32(21,22)23)29-10(12)18-4-15-6-8(13)16-11(14)17-9(6)18/h1,4-5,7-8,10,19-20H,3,13H2,(H,24,25)(H,26,27)(H3,14,16,17)(H2,21,22,23)/t5-,7-,8?,10-,12-/m1/s1. The zero-order chi connectivity index (χ0) is 25.7. The first-order chi connectivity index (χ1) is 15.5. The Labute approximate surface area is 189 Å². The van der Waals surface area contributed by atoms with E-state index in [1.807, 2.05) is 5.92 Å². The Kier molecular flexibility index (Phi) is 7.16. The van der Waals surface area contributed by atoms with Crippen LogP contribution in [0.25, 0.3) is 0 Å². The maximum absolute atomic E-state index is 11.9. The smallest absolute Gasteiger partial charge is 0.386 e. The number of ether oxygens (including phenoxy) is 1. The first kappa shape index (κ1) is 26.9. The molecule has 34 heavy (non-hydrogen) atoms. The maximum Gasteiger partial charge on any atom is 0.490 e. The van der Waals surface area contributed by atoms with Crippen LogP contribution < -0.4 is 16.8 Å². The number of nitrogens with two attached hydrogens (primary N) is 2. The number of aliphatic imine (C=N–C) groups is 1. The molecule has 0 aromatic carbocycles. The minimum absolute atomic E-state index is 0.0168. The minimum atomic E-state index is -5.76. The Morgan fingerprint density at radius 2 is 1.91 bits per heavy atom. The van der Waals surface area contributed by atoms with Gasteiger partial charge in [0.15, 0.2) is 23.6 Å². The molecule has 0 bridgehead atoms. The van der Waals surface area contributed by atoms with E-state index in [2.05, 4.69) is 28.4 Å². The summed E-state index contributed by atoms with van der Waals surface area (Å²) in [5.41, 5.74) is 9.20. The Hall–Kier alpha value is -1.71. The van der Waals surface area contributed by atoms with Gasteiger partial charge in [0, 0.05) is 0 Å². The molecule has 2 aliphatic rings. The first-order valence-corrected chi connectivity index (χ1v) is 13.2. The van der Waals surface area contributed by atoms with Crippen molar-refractivity contribution in [3.63, 3.8) is 0 Å². The van der Waals surface area contributed by atoms with Crippen molar-refractivity contribution in [3.8, 4) is 12.3 Å². The van der Waals surface area contributed by atoms with Gasteiger partial charge in [-0.25, -0.2) is 18.7 Å². The van der Waals surface area contributed by atoms with Crippen LogP contribution >= 0.6 is 23.5 Å². The van der Waals surface area contributed by atoms with Crippen LogP contribution in [0.5, 0.6) is 0 Å². The van der Waals surface area contributed by atoms with Crippen molar-refractivity contribution in [2.24, 2.45) is 16.5 Å². The SMILES string of the molecule is C#C[C@@]1(O)[C@H](O)[C@@H](COP(=O)(O)OP(=O)(O)OP(=O)(O)O)O[C@H]1n1cnc2c1N=C(N)NC2N. The number of nitrogens with one attached hydrogen (secondary N) is 1. The number of phosphoric acid groups is 3. The Morgan fingerprint density at radius 3 is 2.50 bits per heavy atom. The van der Waals surface area contributed by atoms with Crippen molar-refractivity contribution >= 4 is 35.2 Å². The van der Waals surface area contributed by atoms with Crippen LogP contribution in [-0.4, -0.2) is 69.7 Å². The normalized spacial score (nSPS) is 32.6. The minimum Gasteiger partial charge on any atom is -0.386 e. The van der Waals surface area contributed by atoms with E-state index in [1.165, 1.54) is 0 Å². The Morgan fingerprint density at radius 1 is 1.26 bits per heavy atom. The van der Waals surface area contributed by atoms with Gasteiger partial charge in [0.1, 0.15) is 24.1 Å². The lowest BCUT2D eigenvalue weighted by atomic mass is 9.95. The van der Waals surface area contributed by atoms with E-state index in [1.54, 1.807) is 0 Å². The van der Waals surface area contributed by atoms with Gasteiger partial charge in [-0.1, -0.05) is 5.92 Å². The van der Waals surface area contributed by atoms with Crippen LogP contribution in [0.2, 0.25) is 0 Å². The highest BCUT2D eigenvalue weighted by atomic mass is 31.3. The zero-order valence-corrected chi connectivity index (χ0v) is 19.2. The van der Waals surface area contributed by atoms with Gasteiger partial charge in [0.2, 0.25) is 0 Å². The molecule has 1 aromatic heterocycles. The summed E-state index contributed by atoms with van der Waals surface area (Å²) in [6, 6.07) is 0. The fourth-order valence-electron chi connectivity index (χ4n) is 3.06. The van der Waals surface area contributed by atoms with Gasteiger partial charge >= 0.3 is 23.5 Å². The lowest BCUT2D eigenvalue weighted by Crippen LogP contribution is -2.46. The zero-order valence-electron chi connectivity index (χ0n) is 16.6. The number of rotatable bonds is 8. The molecule has 1 fully saturated rings. The topological polar surface area (TPSA) is 304 Å². The van der Waals surface area contributed by atoms with Crippen molar-refractivity contribution in [1.82, 2.24) is 14.9 Å². The number of aromatic nitrogens is 2. The van der Waals surface area contributed by atoms with Gasteiger partial charge in [-0.3, -0.25) is 9.09 Å². The second kappa shape index (κ2) is 9.06. The molecule has 7 atom stereocenters. The Balaban J connectivity index is 1.79. The molecule has 11 N–H and O–H groups in total. The third-order valence-electron chi connectivity index (χ3n) is 4.40. The fraction of sp³-hybridized carbons (Fsp3) is 0.500. The summed E-state index contributed by atoms with van der Waals surface area (Å²) in [4.78, 5) is 43.9. The molecule has 3 unspecified atom stereocenters. The van der Waals surface area contributed by atoms with E-state index in [9.17, 15) is 33.7 Å². The Bertz CT molecular complexity index is 1180. The lowest BCUT2D eigenvalue weighted by Gasteiger charge is -2.27. The number of aliphatic hydroxyl groups is 2. The molecule has 190 valence electrons. The van der Waals surface area contributed by atoms with Gasteiger partial charge in [0.05, 0.1) is 12.9 Å². The molecule has 3 rings (SSSR count). The average Bonchev–Trinajstić information content (AvgIpc) is 3.17. The molecule has 2 aliphatic heterocycles. The molecular formula is C12H19N6O13P3. The predicted octanol–water partition coefficient (Wildman–Crippen LogP) is -2.64. The summed E-state index contributed by atoms with van der Waals surface area (Å²) in [6.07, 6.45) is 0.407. The van der Waals surface area contributed by atoms with Crippen molar-refractivity contribution in [3.05, 3.63) is 12.0 Å². The lowest BCUT2D eigenvalue weighted by molar-refractivity contribution is -0.0728. The molecule has 0 radical (unpaired) electrons. The highest BCUT2D eigenvalue weighted by Gasteiger charge is 2.57. The molecule has 22 heteroatoms. The van der Waals surface area contributed by atoms with E-state index in [-0.39, 0.29) is 17.5 Å². The number of fused-ring (bicyclic) bond motifs is 1. The molecule has 0 aliphatic carbocycles. The molecule has 3 heterocycles. The monoisotopic (exact) mass is 548 g/mol. The molecule has 1 saturated heterocycles. The van der Waals surface area contributed by atoms with Crippen LogP contribution in [0.1, 0.15) is 18.1 Å². The number of aliphatic hydroxyl groups excluding tert-OH is 1. The summed E-state index contributed by atoms with van der Waals surface area (Å²) < 4.78 is 52.2. The summed E-state index contributed by atoms with van der Waals surface area (Å²) in [6.45, 7) is -1.07. The van der Waals surface area contributed by atoms with Gasteiger partial charge < -0.3 is 51.3 Å². The van der Waals surface area contributed by atoms with E-state index < -0.39 is 60.3 Å². The van der Waals surface area contributed by atoms with Gasteiger partial charge in [-0.2, -0.15) is 13.6 Å². The molecule has 0 spiro atoms. The van der Waals surface area contributed by atoms with Crippen molar-refractivity contribution in [2.75, 3.05) is 6.61 Å².